The third-order valence-electron chi connectivity index (χ3n) is 7.91. The molecule has 0 saturated carbocycles. The second-order valence-electron chi connectivity index (χ2n) is 12.4. The van der Waals surface area contributed by atoms with Crippen LogP contribution in [0.25, 0.3) is 0 Å². The lowest BCUT2D eigenvalue weighted by atomic mass is 9.77. The van der Waals surface area contributed by atoms with Gasteiger partial charge in [0.25, 0.3) is 0 Å². The highest BCUT2D eigenvalue weighted by atomic mass is 16.7. The van der Waals surface area contributed by atoms with Crippen molar-refractivity contribution in [3.8, 4) is 0 Å². The molecule has 0 bridgehead atoms. The number of benzene rings is 1. The van der Waals surface area contributed by atoms with Gasteiger partial charge in [-0.1, -0.05) is 6.07 Å². The van der Waals surface area contributed by atoms with Crippen molar-refractivity contribution < 1.29 is 18.8 Å². The summed E-state index contributed by atoms with van der Waals surface area (Å²) in [5, 5.41) is 3.45. The minimum atomic E-state index is -0.485. The molecule has 0 spiro atoms. The van der Waals surface area contributed by atoms with Crippen LogP contribution in [-0.2, 0) is 20.6 Å². The number of carbonyl (C=O) groups is 1. The molecule has 3 aliphatic heterocycles. The fourth-order valence-corrected chi connectivity index (χ4v) is 4.96. The zero-order valence-electron chi connectivity index (χ0n) is 23.6. The third kappa shape index (κ3) is 6.01. The van der Waals surface area contributed by atoms with Gasteiger partial charge in [0, 0.05) is 64.6 Å². The Bertz CT molecular complexity index is 932. The van der Waals surface area contributed by atoms with Gasteiger partial charge in [0.05, 0.1) is 11.2 Å². The normalized spacial score (nSPS) is 22.7. The Labute approximate surface area is 217 Å². The SMILES string of the molecule is Cc1c(CN2CCNCC2)cc(B2OC(C)(C)C(C)(C)O2)cc1N1CCN(C(=O)OC(C)(C)C)CC1. The largest absolute Gasteiger partial charge is 0.494 e. The average molecular weight is 500 g/mol. The van der Waals surface area contributed by atoms with Gasteiger partial charge in [-0.2, -0.15) is 0 Å². The number of hydrogen-bond acceptors (Lipinski definition) is 7. The van der Waals surface area contributed by atoms with Crippen LogP contribution in [0.2, 0.25) is 0 Å². The number of carbonyl (C=O) groups excluding carboxylic acids is 1. The Balaban J connectivity index is 1.58. The van der Waals surface area contributed by atoms with Gasteiger partial charge < -0.3 is 29.2 Å². The van der Waals surface area contributed by atoms with Gasteiger partial charge in [0.1, 0.15) is 5.60 Å². The summed E-state index contributed by atoms with van der Waals surface area (Å²) in [5.74, 6) is 0. The van der Waals surface area contributed by atoms with E-state index in [0.29, 0.717) is 13.1 Å². The second kappa shape index (κ2) is 10.2. The molecule has 8 nitrogen and oxygen atoms in total. The first kappa shape index (κ1) is 27.2. The van der Waals surface area contributed by atoms with E-state index >= 15 is 0 Å². The van der Waals surface area contributed by atoms with Gasteiger partial charge in [-0.15, -0.1) is 0 Å². The lowest BCUT2D eigenvalue weighted by Gasteiger charge is -2.38. The summed E-state index contributed by atoms with van der Waals surface area (Å²) in [6, 6.07) is 4.52. The van der Waals surface area contributed by atoms with Gasteiger partial charge in [0.15, 0.2) is 0 Å². The van der Waals surface area contributed by atoms with E-state index in [0.717, 1.165) is 51.3 Å². The summed E-state index contributed by atoms with van der Waals surface area (Å²) in [6.45, 7) is 24.2. The summed E-state index contributed by atoms with van der Waals surface area (Å²) in [6.07, 6.45) is -0.232. The van der Waals surface area contributed by atoms with Crippen LogP contribution < -0.4 is 15.7 Å². The molecule has 4 rings (SSSR count). The van der Waals surface area contributed by atoms with E-state index in [1.807, 2.05) is 25.7 Å². The van der Waals surface area contributed by atoms with Crippen LogP contribution in [0, 0.1) is 6.92 Å². The standard InChI is InChI=1S/C27H45BN4O4/c1-20-21(19-30-11-9-29-10-12-30)17-22(28-35-26(5,6)27(7,8)36-28)18-23(20)31-13-15-32(16-14-31)24(33)34-25(2,3)4/h17-18,29H,9-16,19H2,1-8H3. The van der Waals surface area contributed by atoms with Crippen molar-refractivity contribution in [3.05, 3.63) is 23.3 Å². The minimum absolute atomic E-state index is 0.232. The van der Waals surface area contributed by atoms with E-state index < -0.39 is 12.7 Å². The van der Waals surface area contributed by atoms with E-state index in [1.54, 1.807) is 0 Å². The number of rotatable bonds is 4. The summed E-state index contributed by atoms with van der Waals surface area (Å²) in [7, 11) is -0.404. The maximum Gasteiger partial charge on any atom is 0.494 e. The average Bonchev–Trinajstić information content (AvgIpc) is 3.01. The zero-order valence-corrected chi connectivity index (χ0v) is 23.6. The van der Waals surface area contributed by atoms with Gasteiger partial charge in [0.2, 0.25) is 0 Å². The molecule has 1 aromatic rings. The smallest absolute Gasteiger partial charge is 0.444 e. The van der Waals surface area contributed by atoms with Crippen molar-refractivity contribution in [3.63, 3.8) is 0 Å². The number of anilines is 1. The number of hydrogen-bond donors (Lipinski definition) is 1. The summed E-state index contributed by atoms with van der Waals surface area (Å²) in [4.78, 5) is 19.3. The summed E-state index contributed by atoms with van der Waals surface area (Å²) in [5.41, 5.74) is 3.61. The van der Waals surface area contributed by atoms with Gasteiger partial charge >= 0.3 is 13.2 Å². The molecule has 1 N–H and O–H groups in total. The molecule has 0 aromatic heterocycles. The number of nitrogens with one attached hydrogen (secondary N) is 1. The Kier molecular flexibility index (Phi) is 7.69. The molecule has 9 heteroatoms. The van der Waals surface area contributed by atoms with E-state index in [9.17, 15) is 4.79 Å². The molecule has 36 heavy (non-hydrogen) atoms. The fourth-order valence-electron chi connectivity index (χ4n) is 4.96. The zero-order chi connectivity index (χ0) is 26.3. The second-order valence-corrected chi connectivity index (χ2v) is 12.4. The molecule has 0 atom stereocenters. The molecule has 200 valence electrons. The van der Waals surface area contributed by atoms with E-state index in [4.69, 9.17) is 14.0 Å². The van der Waals surface area contributed by atoms with Crippen LogP contribution in [0.3, 0.4) is 0 Å². The predicted molar refractivity (Wildman–Crippen MR) is 145 cm³/mol. The maximum atomic E-state index is 12.6. The summed E-state index contributed by atoms with van der Waals surface area (Å²) >= 11 is 0. The van der Waals surface area contributed by atoms with Crippen molar-refractivity contribution in [2.75, 3.05) is 57.3 Å². The quantitative estimate of drug-likeness (QED) is 0.638. The molecule has 1 aromatic carbocycles. The van der Waals surface area contributed by atoms with Crippen LogP contribution in [-0.4, -0.2) is 92.2 Å². The van der Waals surface area contributed by atoms with Crippen LogP contribution >= 0.6 is 0 Å². The van der Waals surface area contributed by atoms with Crippen LogP contribution in [0.5, 0.6) is 0 Å². The Hall–Kier alpha value is -1.81. The first-order chi connectivity index (χ1) is 16.8. The Morgan fingerprint density at radius 2 is 1.58 bits per heavy atom. The van der Waals surface area contributed by atoms with Crippen molar-refractivity contribution in [1.82, 2.24) is 15.1 Å². The molecular formula is C27H45BN4O4. The number of piperazine rings is 2. The van der Waals surface area contributed by atoms with Crippen LogP contribution in [0.4, 0.5) is 10.5 Å². The third-order valence-corrected chi connectivity index (χ3v) is 7.91. The highest BCUT2D eigenvalue weighted by molar-refractivity contribution is 6.62. The van der Waals surface area contributed by atoms with Gasteiger partial charge in [-0.3, -0.25) is 4.90 Å². The van der Waals surface area contributed by atoms with E-state index in [2.05, 4.69) is 61.9 Å². The highest BCUT2D eigenvalue weighted by Gasteiger charge is 2.52. The molecular weight excluding hydrogens is 455 g/mol. The van der Waals surface area contributed by atoms with Crippen LogP contribution in [0.1, 0.15) is 59.6 Å². The lowest BCUT2D eigenvalue weighted by molar-refractivity contribution is 0.00578. The molecule has 3 heterocycles. The minimum Gasteiger partial charge on any atom is -0.444 e. The van der Waals surface area contributed by atoms with Crippen molar-refractivity contribution >= 4 is 24.4 Å². The fraction of sp³-hybridized carbons (Fsp3) is 0.741. The molecule has 0 unspecified atom stereocenters. The van der Waals surface area contributed by atoms with Crippen LogP contribution in [0.15, 0.2) is 12.1 Å². The van der Waals surface area contributed by atoms with Gasteiger partial charge in [-0.05, 0) is 78.0 Å². The molecule has 0 radical (unpaired) electrons. The van der Waals surface area contributed by atoms with Crippen molar-refractivity contribution in [1.29, 1.82) is 0 Å². The molecule has 3 fully saturated rings. The monoisotopic (exact) mass is 500 g/mol. The summed E-state index contributed by atoms with van der Waals surface area (Å²) < 4.78 is 18.5. The molecule has 0 aliphatic carbocycles. The Morgan fingerprint density at radius 3 is 2.14 bits per heavy atom. The first-order valence-electron chi connectivity index (χ1n) is 13.4. The topological polar surface area (TPSA) is 66.5 Å². The molecule has 3 saturated heterocycles. The molecule has 3 aliphatic rings. The predicted octanol–water partition coefficient (Wildman–Crippen LogP) is 2.76. The van der Waals surface area contributed by atoms with Crippen molar-refractivity contribution in [2.24, 2.45) is 0 Å². The highest BCUT2D eigenvalue weighted by Crippen LogP contribution is 2.37. The van der Waals surface area contributed by atoms with E-state index in [-0.39, 0.29) is 17.3 Å². The lowest BCUT2D eigenvalue weighted by Crippen LogP contribution is -2.50. The number of ether oxygens (including phenoxy) is 1. The number of nitrogens with zero attached hydrogens (tertiary/aromatic N) is 3. The van der Waals surface area contributed by atoms with E-state index in [1.165, 1.54) is 16.8 Å². The first-order valence-corrected chi connectivity index (χ1v) is 13.4. The van der Waals surface area contributed by atoms with Crippen molar-refractivity contribution in [2.45, 2.75) is 78.7 Å². The number of amides is 1. The Morgan fingerprint density at radius 1 is 1.00 bits per heavy atom. The molecule has 1 amide bonds. The maximum absolute atomic E-state index is 12.6. The van der Waals surface area contributed by atoms with Gasteiger partial charge in [-0.25, -0.2) is 4.79 Å².